The third-order valence-corrected chi connectivity index (χ3v) is 3.95. The summed E-state index contributed by atoms with van der Waals surface area (Å²) in [5.74, 6) is 0.629. The summed E-state index contributed by atoms with van der Waals surface area (Å²) < 4.78 is 1.71. The molecule has 1 N–H and O–H groups in total. The lowest BCUT2D eigenvalue weighted by Gasteiger charge is -2.25. The molecule has 3 aromatic rings. The Kier molecular flexibility index (Phi) is 2.72. The van der Waals surface area contributed by atoms with E-state index in [-0.39, 0.29) is 5.91 Å². The van der Waals surface area contributed by atoms with Gasteiger partial charge in [-0.25, -0.2) is 9.97 Å². The minimum atomic E-state index is -0.137. The summed E-state index contributed by atoms with van der Waals surface area (Å²) in [5.41, 5.74) is 3.77. The SMILES string of the molecule is Cc1cc(C)n2c(C(=O)N3CCc4nc[nH]c4C3)nnc2n1. The Labute approximate surface area is 126 Å². The van der Waals surface area contributed by atoms with Crippen LogP contribution in [0.25, 0.3) is 5.78 Å². The first-order valence-electron chi connectivity index (χ1n) is 7.13. The number of rotatable bonds is 1. The number of amides is 1. The fourth-order valence-corrected chi connectivity index (χ4v) is 2.90. The second kappa shape index (κ2) is 4.62. The van der Waals surface area contributed by atoms with Crippen LogP contribution in [-0.4, -0.2) is 46.9 Å². The molecular formula is C14H15N7O. The zero-order valence-corrected chi connectivity index (χ0v) is 12.4. The molecule has 0 spiro atoms. The zero-order chi connectivity index (χ0) is 15.3. The van der Waals surface area contributed by atoms with E-state index in [0.29, 0.717) is 24.7 Å². The van der Waals surface area contributed by atoms with Gasteiger partial charge in [0.25, 0.3) is 11.7 Å². The molecule has 4 rings (SSSR count). The number of H-pyrrole nitrogens is 1. The maximum atomic E-state index is 12.8. The maximum absolute atomic E-state index is 12.8. The lowest BCUT2D eigenvalue weighted by molar-refractivity contribution is 0.0717. The summed E-state index contributed by atoms with van der Waals surface area (Å²) in [6.45, 7) is 4.96. The van der Waals surface area contributed by atoms with Gasteiger partial charge < -0.3 is 9.88 Å². The van der Waals surface area contributed by atoms with Crippen LogP contribution < -0.4 is 0 Å². The average Bonchev–Trinajstić information content (AvgIpc) is 3.11. The van der Waals surface area contributed by atoms with Crippen molar-refractivity contribution in [2.24, 2.45) is 0 Å². The number of aromatic amines is 1. The number of carbonyl (C=O) groups excluding carboxylic acids is 1. The van der Waals surface area contributed by atoms with Crippen molar-refractivity contribution in [1.29, 1.82) is 0 Å². The van der Waals surface area contributed by atoms with E-state index >= 15 is 0 Å². The van der Waals surface area contributed by atoms with Crippen LogP contribution in [-0.2, 0) is 13.0 Å². The average molecular weight is 297 g/mol. The maximum Gasteiger partial charge on any atom is 0.292 e. The predicted octanol–water partition coefficient (Wildman–Crippen LogP) is 0.663. The second-order valence-corrected chi connectivity index (χ2v) is 5.50. The van der Waals surface area contributed by atoms with E-state index in [1.807, 2.05) is 19.9 Å². The van der Waals surface area contributed by atoms with Gasteiger partial charge in [0.15, 0.2) is 0 Å². The Morgan fingerprint density at radius 2 is 2.18 bits per heavy atom. The molecule has 0 saturated carbocycles. The summed E-state index contributed by atoms with van der Waals surface area (Å²) in [6, 6.07) is 1.91. The largest absolute Gasteiger partial charge is 0.347 e. The van der Waals surface area contributed by atoms with E-state index in [1.54, 1.807) is 15.6 Å². The van der Waals surface area contributed by atoms with Gasteiger partial charge in [-0.1, -0.05) is 0 Å². The number of carbonyl (C=O) groups is 1. The molecule has 112 valence electrons. The van der Waals surface area contributed by atoms with E-state index in [4.69, 9.17) is 0 Å². The van der Waals surface area contributed by atoms with Crippen LogP contribution in [0.1, 0.15) is 33.4 Å². The van der Waals surface area contributed by atoms with E-state index in [9.17, 15) is 4.79 Å². The second-order valence-electron chi connectivity index (χ2n) is 5.50. The highest BCUT2D eigenvalue weighted by molar-refractivity contribution is 5.91. The van der Waals surface area contributed by atoms with Crippen molar-refractivity contribution in [3.05, 3.63) is 41.0 Å². The molecule has 1 aliphatic heterocycles. The highest BCUT2D eigenvalue weighted by Gasteiger charge is 2.27. The highest BCUT2D eigenvalue weighted by Crippen LogP contribution is 2.17. The van der Waals surface area contributed by atoms with Crippen molar-refractivity contribution in [3.63, 3.8) is 0 Å². The molecule has 8 nitrogen and oxygen atoms in total. The molecule has 1 amide bonds. The molecule has 0 radical (unpaired) electrons. The number of nitrogens with one attached hydrogen (secondary N) is 1. The van der Waals surface area contributed by atoms with Crippen LogP contribution in [0.4, 0.5) is 0 Å². The Balaban J connectivity index is 1.72. The Morgan fingerprint density at radius 1 is 1.32 bits per heavy atom. The van der Waals surface area contributed by atoms with E-state index in [2.05, 4.69) is 25.1 Å². The molecule has 0 fully saturated rings. The normalized spacial score (nSPS) is 14.4. The molecule has 22 heavy (non-hydrogen) atoms. The van der Waals surface area contributed by atoms with E-state index in [0.717, 1.165) is 29.2 Å². The quantitative estimate of drug-likeness (QED) is 0.712. The first kappa shape index (κ1) is 12.9. The molecule has 3 aromatic heterocycles. The molecular weight excluding hydrogens is 282 g/mol. The smallest absolute Gasteiger partial charge is 0.292 e. The van der Waals surface area contributed by atoms with Crippen molar-refractivity contribution < 1.29 is 4.79 Å². The van der Waals surface area contributed by atoms with Gasteiger partial charge in [-0.3, -0.25) is 9.20 Å². The molecule has 0 atom stereocenters. The minimum Gasteiger partial charge on any atom is -0.347 e. The van der Waals surface area contributed by atoms with Crippen LogP contribution in [0.15, 0.2) is 12.4 Å². The van der Waals surface area contributed by atoms with Crippen LogP contribution in [0, 0.1) is 13.8 Å². The molecule has 0 aromatic carbocycles. The van der Waals surface area contributed by atoms with E-state index < -0.39 is 0 Å². The molecule has 8 heteroatoms. The van der Waals surface area contributed by atoms with Gasteiger partial charge >= 0.3 is 0 Å². The summed E-state index contributed by atoms with van der Waals surface area (Å²) >= 11 is 0. The molecule has 0 saturated heterocycles. The van der Waals surface area contributed by atoms with Crippen molar-refractivity contribution in [3.8, 4) is 0 Å². The van der Waals surface area contributed by atoms with Crippen molar-refractivity contribution >= 4 is 11.7 Å². The number of hydrogen-bond acceptors (Lipinski definition) is 5. The number of fused-ring (bicyclic) bond motifs is 2. The summed E-state index contributed by atoms with van der Waals surface area (Å²) in [5, 5.41) is 8.07. The van der Waals surface area contributed by atoms with Crippen molar-refractivity contribution in [2.75, 3.05) is 6.54 Å². The Morgan fingerprint density at radius 3 is 3.05 bits per heavy atom. The third-order valence-electron chi connectivity index (χ3n) is 3.95. The summed E-state index contributed by atoms with van der Waals surface area (Å²) in [7, 11) is 0. The van der Waals surface area contributed by atoms with Crippen LogP contribution in [0.3, 0.4) is 0 Å². The molecule has 4 heterocycles. The van der Waals surface area contributed by atoms with Gasteiger partial charge in [-0.15, -0.1) is 10.2 Å². The minimum absolute atomic E-state index is 0.137. The predicted molar refractivity (Wildman–Crippen MR) is 77.3 cm³/mol. The van der Waals surface area contributed by atoms with Gasteiger partial charge in [-0.2, -0.15) is 0 Å². The van der Waals surface area contributed by atoms with Crippen LogP contribution in [0.2, 0.25) is 0 Å². The number of hydrogen-bond donors (Lipinski definition) is 1. The Hall–Kier alpha value is -2.77. The Bertz CT molecular complexity index is 879. The molecule has 0 aliphatic carbocycles. The number of aromatic nitrogens is 6. The summed E-state index contributed by atoms with van der Waals surface area (Å²) in [6.07, 6.45) is 2.42. The molecule has 0 unspecified atom stereocenters. The zero-order valence-electron chi connectivity index (χ0n) is 12.4. The van der Waals surface area contributed by atoms with Gasteiger partial charge in [0, 0.05) is 24.4 Å². The summed E-state index contributed by atoms with van der Waals surface area (Å²) in [4.78, 5) is 26.2. The fraction of sp³-hybridized carbons (Fsp3) is 0.357. The van der Waals surface area contributed by atoms with E-state index in [1.165, 1.54) is 0 Å². The van der Waals surface area contributed by atoms with Crippen molar-refractivity contribution in [1.82, 2.24) is 34.4 Å². The van der Waals surface area contributed by atoms with Gasteiger partial charge in [0.05, 0.1) is 24.3 Å². The monoisotopic (exact) mass is 297 g/mol. The molecule has 1 aliphatic rings. The first-order chi connectivity index (χ1) is 10.6. The lowest BCUT2D eigenvalue weighted by Crippen LogP contribution is -2.37. The first-order valence-corrected chi connectivity index (χ1v) is 7.13. The van der Waals surface area contributed by atoms with Crippen molar-refractivity contribution in [2.45, 2.75) is 26.8 Å². The van der Waals surface area contributed by atoms with Gasteiger partial charge in [0.2, 0.25) is 5.82 Å². The standard InChI is InChI=1S/C14H15N7O/c1-8-5-9(2)21-12(18-19-14(21)17-8)13(22)20-4-3-10-11(6-20)16-7-15-10/h5,7H,3-4,6H2,1-2H3,(H,15,16). The number of imidazole rings is 1. The topological polar surface area (TPSA) is 92.1 Å². The fourth-order valence-electron chi connectivity index (χ4n) is 2.90. The van der Waals surface area contributed by atoms with Gasteiger partial charge in [-0.05, 0) is 19.9 Å². The highest BCUT2D eigenvalue weighted by atomic mass is 16.2. The third kappa shape index (κ3) is 1.87. The van der Waals surface area contributed by atoms with Crippen LogP contribution >= 0.6 is 0 Å². The lowest BCUT2D eigenvalue weighted by atomic mass is 10.1. The number of nitrogens with zero attached hydrogens (tertiary/aromatic N) is 6. The number of aryl methyl sites for hydroxylation is 2. The molecule has 0 bridgehead atoms. The van der Waals surface area contributed by atoms with Crippen LogP contribution in [0.5, 0.6) is 0 Å². The van der Waals surface area contributed by atoms with Gasteiger partial charge in [0.1, 0.15) is 0 Å².